The van der Waals surface area contributed by atoms with E-state index in [0.29, 0.717) is 5.75 Å². The van der Waals surface area contributed by atoms with Crippen molar-refractivity contribution in [2.24, 2.45) is 0 Å². The smallest absolute Gasteiger partial charge is 0.123 e. The van der Waals surface area contributed by atoms with Crippen LogP contribution in [0.15, 0.2) is 42.5 Å². The summed E-state index contributed by atoms with van der Waals surface area (Å²) in [5.41, 5.74) is 4.21. The van der Waals surface area contributed by atoms with Crippen molar-refractivity contribution in [1.82, 2.24) is 0 Å². The van der Waals surface area contributed by atoms with Gasteiger partial charge in [0.1, 0.15) is 11.5 Å². The lowest BCUT2D eigenvalue weighted by molar-refractivity contribution is 0.474. The lowest BCUT2D eigenvalue weighted by atomic mass is 9.92. The molecule has 0 unspecified atom stereocenters. The second-order valence-electron chi connectivity index (χ2n) is 4.87. The Labute approximate surface area is 112 Å². The average Bonchev–Trinajstić information content (AvgIpc) is 2.65. The Morgan fingerprint density at radius 1 is 0.895 bits per heavy atom. The van der Waals surface area contributed by atoms with Gasteiger partial charge in [-0.15, -0.1) is 0 Å². The molecule has 0 atom stereocenters. The largest absolute Gasteiger partial charge is 0.508 e. The van der Waals surface area contributed by atoms with Gasteiger partial charge in [0, 0.05) is 5.56 Å². The Balaban J connectivity index is 2.20. The van der Waals surface area contributed by atoms with E-state index in [-0.39, 0.29) is 5.75 Å². The third-order valence-electron chi connectivity index (χ3n) is 3.58. The molecular formula is C17H16O2. The Morgan fingerprint density at radius 3 is 2.47 bits per heavy atom. The molecule has 0 bridgehead atoms. The van der Waals surface area contributed by atoms with Gasteiger partial charge < -0.3 is 10.2 Å². The molecule has 2 heteroatoms. The molecule has 2 N–H and O–H groups in total. The maximum absolute atomic E-state index is 10.2. The van der Waals surface area contributed by atoms with Crippen molar-refractivity contribution in [2.45, 2.75) is 19.3 Å². The van der Waals surface area contributed by atoms with E-state index in [1.54, 1.807) is 18.2 Å². The third-order valence-corrected chi connectivity index (χ3v) is 3.58. The zero-order valence-electron chi connectivity index (χ0n) is 10.6. The summed E-state index contributed by atoms with van der Waals surface area (Å²) in [7, 11) is 0. The molecule has 19 heavy (non-hydrogen) atoms. The van der Waals surface area contributed by atoms with E-state index >= 15 is 0 Å². The van der Waals surface area contributed by atoms with Crippen molar-refractivity contribution in [3.05, 3.63) is 53.6 Å². The average molecular weight is 252 g/mol. The van der Waals surface area contributed by atoms with Crippen LogP contribution in [0.2, 0.25) is 0 Å². The predicted molar refractivity (Wildman–Crippen MR) is 77.2 cm³/mol. The zero-order valence-corrected chi connectivity index (χ0v) is 10.6. The second-order valence-corrected chi connectivity index (χ2v) is 4.87. The first-order valence-corrected chi connectivity index (χ1v) is 6.56. The van der Waals surface area contributed by atoms with E-state index in [0.717, 1.165) is 30.4 Å². The summed E-state index contributed by atoms with van der Waals surface area (Å²) in [4.78, 5) is 0. The molecule has 0 spiro atoms. The lowest BCUT2D eigenvalue weighted by Crippen LogP contribution is -1.93. The first-order chi connectivity index (χ1) is 9.25. The van der Waals surface area contributed by atoms with E-state index in [9.17, 15) is 10.2 Å². The van der Waals surface area contributed by atoms with Crippen molar-refractivity contribution in [2.75, 3.05) is 0 Å². The van der Waals surface area contributed by atoms with Crippen LogP contribution < -0.4 is 0 Å². The summed E-state index contributed by atoms with van der Waals surface area (Å²) < 4.78 is 0. The van der Waals surface area contributed by atoms with Gasteiger partial charge in [-0.25, -0.2) is 0 Å². The second kappa shape index (κ2) is 4.81. The number of aromatic hydroxyl groups is 2. The molecule has 2 aromatic carbocycles. The lowest BCUT2D eigenvalue weighted by Gasteiger charge is -2.14. The molecule has 0 aromatic heterocycles. The minimum Gasteiger partial charge on any atom is -0.508 e. The van der Waals surface area contributed by atoms with Gasteiger partial charge >= 0.3 is 0 Å². The first-order valence-electron chi connectivity index (χ1n) is 6.56. The molecule has 3 rings (SSSR count). The van der Waals surface area contributed by atoms with Gasteiger partial charge in [-0.1, -0.05) is 30.4 Å². The minimum absolute atomic E-state index is 0.241. The Kier molecular flexibility index (Phi) is 3.00. The number of phenolic OH excluding ortho intramolecular Hbond substituents is 2. The van der Waals surface area contributed by atoms with Crippen molar-refractivity contribution in [3.8, 4) is 22.6 Å². The maximum atomic E-state index is 10.2. The van der Waals surface area contributed by atoms with Gasteiger partial charge in [0.05, 0.1) is 0 Å². The molecule has 0 saturated carbocycles. The third kappa shape index (κ3) is 2.22. The standard InChI is InChI=1S/C17H16O2/c18-14-9-6-13(7-10-14)17-15-5-3-1-2-4-12(15)8-11-16(17)19/h2,4,6-11,18-19H,1,3,5H2. The summed E-state index contributed by atoms with van der Waals surface area (Å²) in [6, 6.07) is 10.7. The molecule has 2 nitrogen and oxygen atoms in total. The molecule has 0 aliphatic heterocycles. The van der Waals surface area contributed by atoms with Crippen LogP contribution in [0.5, 0.6) is 11.5 Å². The van der Waals surface area contributed by atoms with Crippen LogP contribution in [0, 0.1) is 0 Å². The molecule has 0 radical (unpaired) electrons. The number of allylic oxidation sites excluding steroid dienone is 1. The van der Waals surface area contributed by atoms with Crippen molar-refractivity contribution in [1.29, 1.82) is 0 Å². The van der Waals surface area contributed by atoms with Crippen molar-refractivity contribution >= 4 is 6.08 Å². The quantitative estimate of drug-likeness (QED) is 0.801. The van der Waals surface area contributed by atoms with Crippen LogP contribution in [0.4, 0.5) is 0 Å². The Bertz CT molecular complexity index is 624. The van der Waals surface area contributed by atoms with Crippen LogP contribution in [0.25, 0.3) is 17.2 Å². The highest BCUT2D eigenvalue weighted by Gasteiger charge is 2.14. The van der Waals surface area contributed by atoms with Crippen LogP contribution in [0.3, 0.4) is 0 Å². The van der Waals surface area contributed by atoms with Crippen LogP contribution in [-0.4, -0.2) is 10.2 Å². The topological polar surface area (TPSA) is 40.5 Å². The van der Waals surface area contributed by atoms with Gasteiger partial charge in [-0.3, -0.25) is 0 Å². The molecule has 0 heterocycles. The number of rotatable bonds is 1. The molecule has 0 fully saturated rings. The van der Waals surface area contributed by atoms with Crippen molar-refractivity contribution < 1.29 is 10.2 Å². The summed E-state index contributed by atoms with van der Waals surface area (Å²) >= 11 is 0. The van der Waals surface area contributed by atoms with E-state index < -0.39 is 0 Å². The van der Waals surface area contributed by atoms with Gasteiger partial charge in [0.15, 0.2) is 0 Å². The number of hydrogen-bond donors (Lipinski definition) is 2. The molecular weight excluding hydrogens is 236 g/mol. The summed E-state index contributed by atoms with van der Waals surface area (Å²) in [6.45, 7) is 0. The normalized spacial score (nSPS) is 13.9. The van der Waals surface area contributed by atoms with Gasteiger partial charge in [-0.2, -0.15) is 0 Å². The fourth-order valence-electron chi connectivity index (χ4n) is 2.63. The summed E-state index contributed by atoms with van der Waals surface area (Å²) in [6.07, 6.45) is 7.45. The number of fused-ring (bicyclic) bond motifs is 1. The molecule has 1 aliphatic rings. The maximum Gasteiger partial charge on any atom is 0.123 e. The van der Waals surface area contributed by atoms with Crippen LogP contribution >= 0.6 is 0 Å². The monoisotopic (exact) mass is 252 g/mol. The van der Waals surface area contributed by atoms with E-state index in [1.165, 1.54) is 11.1 Å². The van der Waals surface area contributed by atoms with Crippen molar-refractivity contribution in [3.63, 3.8) is 0 Å². The van der Waals surface area contributed by atoms with Crippen LogP contribution in [0.1, 0.15) is 24.0 Å². The van der Waals surface area contributed by atoms with Gasteiger partial charge in [0.25, 0.3) is 0 Å². The number of hydrogen-bond acceptors (Lipinski definition) is 2. The highest BCUT2D eigenvalue weighted by molar-refractivity contribution is 5.78. The van der Waals surface area contributed by atoms with Crippen LogP contribution in [-0.2, 0) is 6.42 Å². The molecule has 0 amide bonds. The molecule has 2 aromatic rings. The predicted octanol–water partition coefficient (Wildman–Crippen LogP) is 4.11. The number of phenols is 2. The summed E-state index contributed by atoms with van der Waals surface area (Å²) in [5, 5.41) is 19.6. The van der Waals surface area contributed by atoms with E-state index in [4.69, 9.17) is 0 Å². The zero-order chi connectivity index (χ0) is 13.2. The van der Waals surface area contributed by atoms with Gasteiger partial charge in [0.2, 0.25) is 0 Å². The molecule has 96 valence electrons. The first kappa shape index (κ1) is 11.8. The Hall–Kier alpha value is -2.22. The highest BCUT2D eigenvalue weighted by atomic mass is 16.3. The highest BCUT2D eigenvalue weighted by Crippen LogP contribution is 2.37. The van der Waals surface area contributed by atoms with Gasteiger partial charge in [-0.05, 0) is 54.2 Å². The van der Waals surface area contributed by atoms with E-state index in [1.807, 2.05) is 18.2 Å². The SMILES string of the molecule is Oc1ccc(-c2c(O)ccc3c2CCCC=C3)cc1. The van der Waals surface area contributed by atoms with E-state index in [2.05, 4.69) is 12.2 Å². The number of benzene rings is 2. The summed E-state index contributed by atoms with van der Waals surface area (Å²) in [5.74, 6) is 0.546. The fourth-order valence-corrected chi connectivity index (χ4v) is 2.63. The minimum atomic E-state index is 0.241. The molecule has 0 saturated heterocycles. The Morgan fingerprint density at radius 2 is 1.68 bits per heavy atom. The fraction of sp³-hybridized carbons (Fsp3) is 0.176. The molecule has 1 aliphatic carbocycles.